The van der Waals surface area contributed by atoms with Gasteiger partial charge in [0.15, 0.2) is 5.96 Å². The topological polar surface area (TPSA) is 278 Å². The molecule has 15 nitrogen and oxygen atoms in total. The Kier molecular flexibility index (Phi) is 16.1. The first-order chi connectivity index (χ1) is 19.4. The Labute approximate surface area is 238 Å². The monoisotopic (exact) mass is 578 g/mol. The molecule has 0 spiro atoms. The highest BCUT2D eigenvalue weighted by molar-refractivity contribution is 5.94. The van der Waals surface area contributed by atoms with Crippen LogP contribution in [0.3, 0.4) is 0 Å². The van der Waals surface area contributed by atoms with Gasteiger partial charge in [-0.3, -0.25) is 24.2 Å². The number of guanidine groups is 1. The Balaban J connectivity index is 3.06. The van der Waals surface area contributed by atoms with E-state index in [0.29, 0.717) is 24.9 Å². The van der Waals surface area contributed by atoms with Crippen LogP contribution >= 0.6 is 0 Å². The molecule has 0 aliphatic heterocycles. The maximum Gasteiger partial charge on any atom is 0.326 e. The molecular weight excluding hydrogens is 536 g/mol. The van der Waals surface area contributed by atoms with Crippen molar-refractivity contribution in [1.29, 1.82) is 0 Å². The highest BCUT2D eigenvalue weighted by atomic mass is 16.4. The van der Waals surface area contributed by atoms with Crippen molar-refractivity contribution in [1.82, 2.24) is 16.0 Å². The van der Waals surface area contributed by atoms with Gasteiger partial charge >= 0.3 is 11.9 Å². The molecule has 0 bridgehead atoms. The fourth-order valence-corrected chi connectivity index (χ4v) is 3.82. The minimum Gasteiger partial charge on any atom is -0.481 e. The van der Waals surface area contributed by atoms with Crippen LogP contribution in [-0.4, -0.2) is 83.1 Å². The van der Waals surface area contributed by atoms with Crippen LogP contribution in [-0.2, 0) is 30.4 Å². The Morgan fingerprint density at radius 2 is 1.34 bits per heavy atom. The fourth-order valence-electron chi connectivity index (χ4n) is 3.82. The number of aliphatic carboxylic acids is 2. The number of amides is 3. The van der Waals surface area contributed by atoms with E-state index in [9.17, 15) is 29.1 Å². The van der Waals surface area contributed by atoms with Gasteiger partial charge in [-0.2, -0.15) is 0 Å². The molecule has 3 amide bonds. The molecule has 1 rings (SSSR count). The van der Waals surface area contributed by atoms with Crippen molar-refractivity contribution in [3.63, 3.8) is 0 Å². The lowest BCUT2D eigenvalue weighted by Crippen LogP contribution is -2.57. The first kappa shape index (κ1) is 34.8. The zero-order valence-corrected chi connectivity index (χ0v) is 23.0. The third-order valence-corrected chi connectivity index (χ3v) is 6.06. The van der Waals surface area contributed by atoms with E-state index in [2.05, 4.69) is 20.9 Å². The molecule has 0 aliphatic carbocycles. The van der Waals surface area contributed by atoms with Gasteiger partial charge < -0.3 is 49.1 Å². The number of carboxylic acids is 2. The van der Waals surface area contributed by atoms with Crippen molar-refractivity contribution in [3.05, 3.63) is 35.9 Å². The summed E-state index contributed by atoms with van der Waals surface area (Å²) in [6.07, 6.45) is 1.10. The molecule has 1 aromatic carbocycles. The van der Waals surface area contributed by atoms with Crippen molar-refractivity contribution >= 4 is 35.6 Å². The Bertz CT molecular complexity index is 1030. The third kappa shape index (κ3) is 14.6. The molecule has 0 radical (unpaired) electrons. The van der Waals surface area contributed by atoms with Gasteiger partial charge in [0.1, 0.15) is 18.1 Å². The Morgan fingerprint density at radius 1 is 0.780 bits per heavy atom. The number of unbranched alkanes of at least 4 members (excludes halogenated alkanes) is 1. The molecule has 0 saturated heterocycles. The molecule has 228 valence electrons. The number of nitrogens with one attached hydrogen (secondary N) is 3. The number of nitrogens with two attached hydrogens (primary N) is 4. The molecule has 0 fully saturated rings. The van der Waals surface area contributed by atoms with Crippen LogP contribution < -0.4 is 38.9 Å². The molecule has 13 N–H and O–H groups in total. The van der Waals surface area contributed by atoms with E-state index in [1.165, 1.54) is 0 Å². The summed E-state index contributed by atoms with van der Waals surface area (Å²) in [7, 11) is 0. The molecular formula is C26H42N8O7. The largest absolute Gasteiger partial charge is 0.481 e. The van der Waals surface area contributed by atoms with Gasteiger partial charge in [-0.1, -0.05) is 30.3 Å². The number of aliphatic imine (C=N–C) groups is 1. The highest BCUT2D eigenvalue weighted by Gasteiger charge is 2.30. The molecule has 41 heavy (non-hydrogen) atoms. The lowest BCUT2D eigenvalue weighted by Gasteiger charge is -2.25. The summed E-state index contributed by atoms with van der Waals surface area (Å²) in [6, 6.07) is 4.02. The molecule has 15 heteroatoms. The van der Waals surface area contributed by atoms with Crippen LogP contribution in [0.25, 0.3) is 0 Å². The van der Waals surface area contributed by atoms with Gasteiger partial charge in [0.25, 0.3) is 0 Å². The third-order valence-electron chi connectivity index (χ3n) is 6.06. The Morgan fingerprint density at radius 3 is 1.88 bits per heavy atom. The number of carboxylic acid groups (broad SMARTS) is 2. The number of benzene rings is 1. The van der Waals surface area contributed by atoms with E-state index in [1.54, 1.807) is 30.3 Å². The second-order valence-corrected chi connectivity index (χ2v) is 9.48. The van der Waals surface area contributed by atoms with Crippen LogP contribution in [0.4, 0.5) is 0 Å². The summed E-state index contributed by atoms with van der Waals surface area (Å²) < 4.78 is 0. The smallest absolute Gasteiger partial charge is 0.326 e. The highest BCUT2D eigenvalue weighted by Crippen LogP contribution is 2.08. The maximum atomic E-state index is 13.3. The fraction of sp³-hybridized carbons (Fsp3) is 0.538. The van der Waals surface area contributed by atoms with Gasteiger partial charge in [-0.05, 0) is 50.6 Å². The van der Waals surface area contributed by atoms with Crippen molar-refractivity contribution in [2.24, 2.45) is 27.9 Å². The minimum absolute atomic E-state index is 0.0165. The van der Waals surface area contributed by atoms with E-state index in [1.807, 2.05) is 0 Å². The van der Waals surface area contributed by atoms with E-state index in [4.69, 9.17) is 28.0 Å². The second kappa shape index (κ2) is 18.9. The lowest BCUT2D eigenvalue weighted by molar-refractivity contribution is -0.142. The van der Waals surface area contributed by atoms with Crippen molar-refractivity contribution in [2.75, 3.05) is 13.1 Å². The molecule has 4 unspecified atom stereocenters. The quantitative estimate of drug-likeness (QED) is 0.0470. The predicted molar refractivity (Wildman–Crippen MR) is 151 cm³/mol. The van der Waals surface area contributed by atoms with E-state index in [-0.39, 0.29) is 51.0 Å². The second-order valence-electron chi connectivity index (χ2n) is 9.48. The zero-order valence-electron chi connectivity index (χ0n) is 23.0. The average molecular weight is 579 g/mol. The van der Waals surface area contributed by atoms with Gasteiger partial charge in [0, 0.05) is 19.4 Å². The first-order valence-electron chi connectivity index (χ1n) is 13.3. The SMILES string of the molecule is NCCCCC(NC(=O)C(N)CCC(=O)O)C(=O)NC(CCCN=C(N)N)C(=O)NC(Cc1ccccc1)C(=O)O. The van der Waals surface area contributed by atoms with Crippen LogP contribution in [0.5, 0.6) is 0 Å². The summed E-state index contributed by atoms with van der Waals surface area (Å²) in [4.78, 5) is 65.7. The van der Waals surface area contributed by atoms with Crippen molar-refractivity contribution < 1.29 is 34.2 Å². The summed E-state index contributed by atoms with van der Waals surface area (Å²) in [5.74, 6) is -4.68. The molecule has 0 saturated carbocycles. The number of rotatable bonds is 20. The molecule has 1 aromatic rings. The van der Waals surface area contributed by atoms with Crippen LogP contribution in [0.2, 0.25) is 0 Å². The van der Waals surface area contributed by atoms with E-state index in [0.717, 1.165) is 0 Å². The minimum atomic E-state index is -1.27. The molecule has 0 aromatic heterocycles. The zero-order chi connectivity index (χ0) is 30.8. The summed E-state index contributed by atoms with van der Waals surface area (Å²) in [5, 5.41) is 26.2. The van der Waals surface area contributed by atoms with Gasteiger partial charge in [0.05, 0.1) is 6.04 Å². The number of nitrogens with zero attached hydrogens (tertiary/aromatic N) is 1. The van der Waals surface area contributed by atoms with Crippen molar-refractivity contribution in [2.45, 2.75) is 75.5 Å². The van der Waals surface area contributed by atoms with Gasteiger partial charge in [-0.15, -0.1) is 0 Å². The number of carbonyl (C=O) groups is 5. The number of hydrogen-bond acceptors (Lipinski definition) is 8. The normalized spacial score (nSPS) is 13.6. The van der Waals surface area contributed by atoms with E-state index >= 15 is 0 Å². The lowest BCUT2D eigenvalue weighted by atomic mass is 10.0. The van der Waals surface area contributed by atoms with E-state index < -0.39 is 53.8 Å². The predicted octanol–water partition coefficient (Wildman–Crippen LogP) is -1.86. The summed E-state index contributed by atoms with van der Waals surface area (Å²) in [6.45, 7) is 0.512. The van der Waals surface area contributed by atoms with Crippen molar-refractivity contribution in [3.8, 4) is 0 Å². The standard InChI is InChI=1S/C26H42N8O7/c27-13-5-4-9-18(32-22(37)17(28)11-12-21(35)36)23(38)33-19(10-6-14-31-26(29)30)24(39)34-20(25(40)41)15-16-7-2-1-3-8-16/h1-3,7-8,17-20H,4-6,9-15,27-28H2,(H,32,37)(H,33,38)(H,34,39)(H,35,36)(H,40,41)(H4,29,30,31). The number of carbonyl (C=O) groups excluding carboxylic acids is 3. The molecule has 4 atom stereocenters. The average Bonchev–Trinajstić information content (AvgIpc) is 2.92. The van der Waals surface area contributed by atoms with Crippen LogP contribution in [0.1, 0.15) is 50.5 Å². The molecule has 0 heterocycles. The Hall–Kier alpha value is -4.24. The van der Waals surface area contributed by atoms with Gasteiger partial charge in [-0.25, -0.2) is 4.79 Å². The summed E-state index contributed by atoms with van der Waals surface area (Å²) in [5.41, 5.74) is 22.7. The van der Waals surface area contributed by atoms with Crippen LogP contribution in [0, 0.1) is 0 Å². The molecule has 0 aliphatic rings. The van der Waals surface area contributed by atoms with Crippen LogP contribution in [0.15, 0.2) is 35.3 Å². The van der Waals surface area contributed by atoms with Gasteiger partial charge in [0.2, 0.25) is 17.7 Å². The summed E-state index contributed by atoms with van der Waals surface area (Å²) >= 11 is 0. The first-order valence-corrected chi connectivity index (χ1v) is 13.3. The maximum absolute atomic E-state index is 13.3. The number of hydrogen-bond donors (Lipinski definition) is 9.